The molecule has 6 heteroatoms. The van der Waals surface area contributed by atoms with E-state index in [4.69, 9.17) is 4.42 Å². The van der Waals surface area contributed by atoms with Crippen LogP contribution in [0.15, 0.2) is 47.4 Å². The van der Waals surface area contributed by atoms with E-state index in [1.54, 1.807) is 18.7 Å². The first-order valence-electron chi connectivity index (χ1n) is 6.78. The fraction of sp³-hybridized carbons (Fsp3) is 0.267. The fourth-order valence-electron chi connectivity index (χ4n) is 2.16. The minimum Gasteiger partial charge on any atom is -0.458 e. The number of nitrogens with zero attached hydrogens (tertiary/aromatic N) is 4. The molecule has 3 heterocycles. The summed E-state index contributed by atoms with van der Waals surface area (Å²) in [5.74, 6) is 1.70. The van der Waals surface area contributed by atoms with Crippen molar-refractivity contribution >= 4 is 0 Å². The summed E-state index contributed by atoms with van der Waals surface area (Å²) in [6, 6.07) is 7.94. The molecule has 0 saturated carbocycles. The summed E-state index contributed by atoms with van der Waals surface area (Å²) in [6.07, 6.45) is 5.04. The number of aromatic nitrogens is 4. The molecule has 21 heavy (non-hydrogen) atoms. The topological polar surface area (TPSA) is 70.8 Å². The van der Waals surface area contributed by atoms with E-state index >= 15 is 0 Å². The molecule has 3 aromatic rings. The van der Waals surface area contributed by atoms with Gasteiger partial charge in [0.15, 0.2) is 5.76 Å². The first kappa shape index (κ1) is 13.5. The normalized spacial score (nSPS) is 12.7. The summed E-state index contributed by atoms with van der Waals surface area (Å²) in [5.41, 5.74) is 1.88. The fourth-order valence-corrected chi connectivity index (χ4v) is 2.16. The Morgan fingerprint density at radius 3 is 2.86 bits per heavy atom. The Morgan fingerprint density at radius 1 is 1.24 bits per heavy atom. The van der Waals surface area contributed by atoms with E-state index in [9.17, 15) is 0 Å². The summed E-state index contributed by atoms with van der Waals surface area (Å²) in [6.45, 7) is 2.82. The van der Waals surface area contributed by atoms with Crippen LogP contribution in [0.3, 0.4) is 0 Å². The standard InChI is InChI=1S/C15H17N5O/c1-11(13-5-7-16-10-17-13)20(2)9-12-3-4-15(21-12)14-6-8-18-19-14/h3-8,10-11H,9H2,1-2H3,(H,18,19). The van der Waals surface area contributed by atoms with Crippen LogP contribution in [-0.2, 0) is 6.54 Å². The Bertz CT molecular complexity index is 677. The van der Waals surface area contributed by atoms with Crippen LogP contribution in [0, 0.1) is 0 Å². The maximum Gasteiger partial charge on any atom is 0.152 e. The molecule has 6 nitrogen and oxygen atoms in total. The van der Waals surface area contributed by atoms with E-state index < -0.39 is 0 Å². The highest BCUT2D eigenvalue weighted by Crippen LogP contribution is 2.23. The maximum absolute atomic E-state index is 5.84. The molecule has 1 atom stereocenters. The monoisotopic (exact) mass is 283 g/mol. The van der Waals surface area contributed by atoms with Crippen LogP contribution in [0.1, 0.15) is 24.4 Å². The highest BCUT2D eigenvalue weighted by Gasteiger charge is 2.15. The van der Waals surface area contributed by atoms with Gasteiger partial charge in [0.05, 0.1) is 12.2 Å². The van der Waals surface area contributed by atoms with Crippen molar-refractivity contribution in [2.45, 2.75) is 19.5 Å². The lowest BCUT2D eigenvalue weighted by Gasteiger charge is -2.22. The lowest BCUT2D eigenvalue weighted by atomic mass is 10.2. The van der Waals surface area contributed by atoms with Crippen molar-refractivity contribution < 1.29 is 4.42 Å². The number of furan rings is 1. The molecule has 1 N–H and O–H groups in total. The molecule has 0 radical (unpaired) electrons. The van der Waals surface area contributed by atoms with Gasteiger partial charge in [0.25, 0.3) is 0 Å². The van der Waals surface area contributed by atoms with Crippen molar-refractivity contribution in [3.05, 3.63) is 54.4 Å². The SMILES string of the molecule is CC(c1ccncn1)N(C)Cc1ccc(-c2ccn[nH]2)o1. The first-order chi connectivity index (χ1) is 10.2. The molecule has 3 aromatic heterocycles. The summed E-state index contributed by atoms with van der Waals surface area (Å²) in [4.78, 5) is 10.4. The molecule has 108 valence electrons. The second-order valence-electron chi connectivity index (χ2n) is 4.96. The molecule has 0 aliphatic carbocycles. The van der Waals surface area contributed by atoms with Gasteiger partial charge in [0.1, 0.15) is 17.8 Å². The molecule has 0 saturated heterocycles. The number of hydrogen-bond acceptors (Lipinski definition) is 5. The third-order valence-electron chi connectivity index (χ3n) is 3.53. The van der Waals surface area contributed by atoms with Crippen molar-refractivity contribution in [2.24, 2.45) is 0 Å². The van der Waals surface area contributed by atoms with Crippen LogP contribution >= 0.6 is 0 Å². The molecule has 0 amide bonds. The number of hydrogen-bond donors (Lipinski definition) is 1. The van der Waals surface area contributed by atoms with Gasteiger partial charge in [0, 0.05) is 18.4 Å². The molecule has 0 fully saturated rings. The third-order valence-corrected chi connectivity index (χ3v) is 3.53. The van der Waals surface area contributed by atoms with Gasteiger partial charge in [-0.25, -0.2) is 9.97 Å². The Hall–Kier alpha value is -2.47. The van der Waals surface area contributed by atoms with E-state index in [1.165, 1.54) is 0 Å². The second-order valence-corrected chi connectivity index (χ2v) is 4.96. The Morgan fingerprint density at radius 2 is 2.14 bits per heavy atom. The van der Waals surface area contributed by atoms with Crippen molar-refractivity contribution in [3.63, 3.8) is 0 Å². The molecule has 0 spiro atoms. The lowest BCUT2D eigenvalue weighted by molar-refractivity contribution is 0.229. The largest absolute Gasteiger partial charge is 0.458 e. The Labute approximate surface area is 122 Å². The first-order valence-corrected chi connectivity index (χ1v) is 6.78. The zero-order valence-electron chi connectivity index (χ0n) is 12.0. The predicted octanol–water partition coefficient (Wildman–Crippen LogP) is 2.65. The molecule has 1 unspecified atom stereocenters. The van der Waals surface area contributed by atoms with Gasteiger partial charge in [-0.15, -0.1) is 0 Å². The van der Waals surface area contributed by atoms with Crippen LogP contribution in [-0.4, -0.2) is 32.1 Å². The third kappa shape index (κ3) is 3.00. The molecule has 0 bridgehead atoms. The molecular formula is C15H17N5O. The van der Waals surface area contributed by atoms with Crippen molar-refractivity contribution in [1.82, 2.24) is 25.1 Å². The van der Waals surface area contributed by atoms with Crippen LogP contribution in [0.5, 0.6) is 0 Å². The average Bonchev–Trinajstić information content (AvgIpc) is 3.18. The molecule has 0 aromatic carbocycles. The van der Waals surface area contributed by atoms with Crippen LogP contribution in [0.25, 0.3) is 11.5 Å². The van der Waals surface area contributed by atoms with Crippen LogP contribution in [0.4, 0.5) is 0 Å². The van der Waals surface area contributed by atoms with E-state index in [0.29, 0.717) is 6.54 Å². The summed E-state index contributed by atoms with van der Waals surface area (Å²) in [7, 11) is 2.05. The van der Waals surface area contributed by atoms with E-state index in [1.807, 2.05) is 31.3 Å². The Kier molecular flexibility index (Phi) is 3.79. The van der Waals surface area contributed by atoms with Gasteiger partial charge < -0.3 is 4.42 Å². The number of H-pyrrole nitrogens is 1. The van der Waals surface area contributed by atoms with Gasteiger partial charge in [-0.3, -0.25) is 10.00 Å². The maximum atomic E-state index is 5.84. The zero-order chi connectivity index (χ0) is 14.7. The highest BCUT2D eigenvalue weighted by atomic mass is 16.3. The van der Waals surface area contributed by atoms with Gasteiger partial charge >= 0.3 is 0 Å². The molecule has 3 rings (SSSR count). The van der Waals surface area contributed by atoms with Crippen molar-refractivity contribution in [3.8, 4) is 11.5 Å². The molecule has 0 aliphatic heterocycles. The van der Waals surface area contributed by atoms with Crippen molar-refractivity contribution in [2.75, 3.05) is 7.05 Å². The quantitative estimate of drug-likeness (QED) is 0.779. The van der Waals surface area contributed by atoms with Crippen molar-refractivity contribution in [1.29, 1.82) is 0 Å². The van der Waals surface area contributed by atoms with Gasteiger partial charge in [-0.1, -0.05) is 0 Å². The van der Waals surface area contributed by atoms with Crippen LogP contribution < -0.4 is 0 Å². The van der Waals surface area contributed by atoms with Gasteiger partial charge in [-0.2, -0.15) is 5.10 Å². The van der Waals surface area contributed by atoms with Crippen LogP contribution in [0.2, 0.25) is 0 Å². The van der Waals surface area contributed by atoms with Gasteiger partial charge in [-0.05, 0) is 38.2 Å². The highest BCUT2D eigenvalue weighted by molar-refractivity contribution is 5.51. The van der Waals surface area contributed by atoms with E-state index in [-0.39, 0.29) is 6.04 Å². The summed E-state index contributed by atoms with van der Waals surface area (Å²) >= 11 is 0. The molecular weight excluding hydrogens is 266 g/mol. The second kappa shape index (κ2) is 5.88. The predicted molar refractivity (Wildman–Crippen MR) is 78.2 cm³/mol. The number of nitrogens with one attached hydrogen (secondary N) is 1. The van der Waals surface area contributed by atoms with E-state index in [2.05, 4.69) is 32.0 Å². The number of rotatable bonds is 5. The average molecular weight is 283 g/mol. The molecule has 0 aliphatic rings. The minimum atomic E-state index is 0.189. The minimum absolute atomic E-state index is 0.189. The lowest BCUT2D eigenvalue weighted by Crippen LogP contribution is -2.22. The smallest absolute Gasteiger partial charge is 0.152 e. The summed E-state index contributed by atoms with van der Waals surface area (Å²) in [5, 5.41) is 6.82. The Balaban J connectivity index is 1.69. The summed E-state index contributed by atoms with van der Waals surface area (Å²) < 4.78 is 5.84. The zero-order valence-corrected chi connectivity index (χ0v) is 12.0. The van der Waals surface area contributed by atoms with E-state index in [0.717, 1.165) is 22.9 Å². The van der Waals surface area contributed by atoms with Gasteiger partial charge in [0.2, 0.25) is 0 Å². The number of aromatic amines is 1.